The fourth-order valence-electron chi connectivity index (χ4n) is 3.53. The van der Waals surface area contributed by atoms with Crippen LogP contribution in [0.3, 0.4) is 0 Å². The summed E-state index contributed by atoms with van der Waals surface area (Å²) in [5.41, 5.74) is 2.78. The molecule has 0 bridgehead atoms. The van der Waals surface area contributed by atoms with Crippen molar-refractivity contribution >= 4 is 34.8 Å². The molecule has 1 unspecified atom stereocenters. The van der Waals surface area contributed by atoms with E-state index in [1.165, 1.54) is 22.1 Å². The number of nitrogens with one attached hydrogen (secondary N) is 2. The summed E-state index contributed by atoms with van der Waals surface area (Å²) < 4.78 is 1.43. The Labute approximate surface area is 219 Å². The normalized spacial score (nSPS) is 11.7. The minimum atomic E-state index is -0.706. The molecule has 4 aromatic rings. The number of amides is 1. The van der Waals surface area contributed by atoms with Crippen LogP contribution < -0.4 is 16.2 Å². The number of hydrogen-bond acceptors (Lipinski definition) is 7. The second-order valence-electron chi connectivity index (χ2n) is 8.26. The quantitative estimate of drug-likeness (QED) is 0.300. The van der Waals surface area contributed by atoms with Crippen molar-refractivity contribution in [2.24, 2.45) is 0 Å². The first-order valence-corrected chi connectivity index (χ1v) is 12.1. The van der Waals surface area contributed by atoms with E-state index in [4.69, 9.17) is 0 Å². The molecule has 2 heterocycles. The molecule has 0 aliphatic heterocycles. The lowest BCUT2D eigenvalue weighted by Gasteiger charge is -2.11. The molecule has 2 aromatic carbocycles. The van der Waals surface area contributed by atoms with E-state index in [9.17, 15) is 14.7 Å². The van der Waals surface area contributed by atoms with Crippen molar-refractivity contribution in [3.63, 3.8) is 0 Å². The number of benzene rings is 2. The summed E-state index contributed by atoms with van der Waals surface area (Å²) in [7, 11) is 0. The van der Waals surface area contributed by atoms with Crippen LogP contribution >= 0.6 is 23.7 Å². The van der Waals surface area contributed by atoms with Gasteiger partial charge in [-0.05, 0) is 25.5 Å². The lowest BCUT2D eigenvalue weighted by molar-refractivity contribution is -0.115. The summed E-state index contributed by atoms with van der Waals surface area (Å²) in [6.45, 7) is 4.07. The van der Waals surface area contributed by atoms with Crippen molar-refractivity contribution in [2.45, 2.75) is 26.0 Å². The van der Waals surface area contributed by atoms with E-state index in [1.807, 2.05) is 74.5 Å². The number of aliphatic hydroxyl groups is 1. The molecule has 2 aromatic heterocycles. The van der Waals surface area contributed by atoms with Crippen LogP contribution in [0.2, 0.25) is 0 Å². The SMILES string of the molecule is CC(C)n1nc(-c2sc(NC(=O)CNCC(O)c3ccccc3)nc2-c2ccccc2)ccc1=O.Cl. The highest BCUT2D eigenvalue weighted by atomic mass is 35.5. The van der Waals surface area contributed by atoms with E-state index in [1.54, 1.807) is 6.07 Å². The zero-order chi connectivity index (χ0) is 24.8. The van der Waals surface area contributed by atoms with Gasteiger partial charge in [0, 0.05) is 18.2 Å². The van der Waals surface area contributed by atoms with Gasteiger partial charge in [-0.3, -0.25) is 9.59 Å². The molecule has 0 aliphatic rings. The highest BCUT2D eigenvalue weighted by Crippen LogP contribution is 2.37. The van der Waals surface area contributed by atoms with Crippen molar-refractivity contribution in [1.29, 1.82) is 0 Å². The fourth-order valence-corrected chi connectivity index (χ4v) is 4.50. The van der Waals surface area contributed by atoms with Crippen molar-refractivity contribution in [2.75, 3.05) is 18.4 Å². The lowest BCUT2D eigenvalue weighted by atomic mass is 10.1. The van der Waals surface area contributed by atoms with Gasteiger partial charge >= 0.3 is 0 Å². The molecule has 3 N–H and O–H groups in total. The number of aliphatic hydroxyl groups excluding tert-OH is 1. The molecule has 8 nitrogen and oxygen atoms in total. The molecule has 0 saturated carbocycles. The minimum Gasteiger partial charge on any atom is -0.387 e. The highest BCUT2D eigenvalue weighted by Gasteiger charge is 2.19. The van der Waals surface area contributed by atoms with Crippen LogP contribution in [0.5, 0.6) is 0 Å². The predicted molar refractivity (Wildman–Crippen MR) is 146 cm³/mol. The Morgan fingerprint density at radius 2 is 1.69 bits per heavy atom. The molecular weight excluding hydrogens is 498 g/mol. The van der Waals surface area contributed by atoms with Gasteiger partial charge in [0.15, 0.2) is 5.13 Å². The number of carbonyl (C=O) groups excluding carboxylic acids is 1. The molecule has 0 saturated heterocycles. The molecule has 1 atom stereocenters. The standard InChI is InChI=1S/C26H27N5O3S.ClH/c1-17(2)31-23(34)14-13-20(30-31)25-24(19-11-7-4-8-12-19)29-26(35-25)28-22(33)16-27-15-21(32)18-9-5-3-6-10-18;/h3-14,17,21,27,32H,15-16H2,1-2H3,(H,28,29,33);1H. The first-order chi connectivity index (χ1) is 16.9. The van der Waals surface area contributed by atoms with Gasteiger partial charge in [0.1, 0.15) is 5.69 Å². The number of anilines is 1. The Morgan fingerprint density at radius 3 is 2.36 bits per heavy atom. The number of nitrogens with zero attached hydrogens (tertiary/aromatic N) is 3. The van der Waals surface area contributed by atoms with Crippen LogP contribution in [0.15, 0.2) is 77.6 Å². The van der Waals surface area contributed by atoms with Gasteiger partial charge in [0.05, 0.1) is 29.3 Å². The van der Waals surface area contributed by atoms with Gasteiger partial charge in [-0.15, -0.1) is 12.4 Å². The summed E-state index contributed by atoms with van der Waals surface area (Å²) in [6, 6.07) is 22.0. The maximum Gasteiger partial charge on any atom is 0.267 e. The Kier molecular flexibility index (Phi) is 9.49. The number of hydrogen-bond donors (Lipinski definition) is 3. The first-order valence-electron chi connectivity index (χ1n) is 11.3. The van der Waals surface area contributed by atoms with Gasteiger partial charge in [-0.1, -0.05) is 72.0 Å². The average molecular weight is 526 g/mol. The third kappa shape index (κ3) is 6.64. The third-order valence-electron chi connectivity index (χ3n) is 5.28. The molecule has 10 heteroatoms. The van der Waals surface area contributed by atoms with Gasteiger partial charge in [-0.2, -0.15) is 5.10 Å². The smallest absolute Gasteiger partial charge is 0.267 e. The molecule has 36 heavy (non-hydrogen) atoms. The largest absolute Gasteiger partial charge is 0.387 e. The van der Waals surface area contributed by atoms with Crippen molar-refractivity contribution in [3.8, 4) is 21.8 Å². The number of thiazole rings is 1. The molecule has 0 aliphatic carbocycles. The lowest BCUT2D eigenvalue weighted by Crippen LogP contribution is -2.31. The van der Waals surface area contributed by atoms with Gasteiger partial charge in [0.25, 0.3) is 5.56 Å². The Morgan fingerprint density at radius 1 is 1.03 bits per heavy atom. The third-order valence-corrected chi connectivity index (χ3v) is 6.27. The Balaban J connectivity index is 0.00000361. The van der Waals surface area contributed by atoms with Crippen LogP contribution in [0, 0.1) is 0 Å². The fraction of sp³-hybridized carbons (Fsp3) is 0.231. The number of rotatable bonds is 9. The highest BCUT2D eigenvalue weighted by molar-refractivity contribution is 7.19. The molecule has 0 radical (unpaired) electrons. The second kappa shape index (κ2) is 12.5. The molecule has 0 fully saturated rings. The summed E-state index contributed by atoms with van der Waals surface area (Å²) in [4.78, 5) is 30.2. The summed E-state index contributed by atoms with van der Waals surface area (Å²) in [6.07, 6.45) is -0.706. The minimum absolute atomic E-state index is 0. The van der Waals surface area contributed by atoms with Crippen LogP contribution in [-0.4, -0.2) is 38.9 Å². The van der Waals surface area contributed by atoms with E-state index < -0.39 is 6.10 Å². The molecule has 188 valence electrons. The van der Waals surface area contributed by atoms with Gasteiger partial charge in [-0.25, -0.2) is 9.67 Å². The Bertz CT molecular complexity index is 1340. The number of carbonyl (C=O) groups is 1. The molecule has 1 amide bonds. The Hall–Kier alpha value is -3.37. The van der Waals surface area contributed by atoms with E-state index in [0.717, 1.165) is 16.0 Å². The average Bonchev–Trinajstić information content (AvgIpc) is 3.28. The van der Waals surface area contributed by atoms with E-state index in [2.05, 4.69) is 20.7 Å². The van der Waals surface area contributed by atoms with Gasteiger partial charge < -0.3 is 15.7 Å². The maximum absolute atomic E-state index is 12.6. The van der Waals surface area contributed by atoms with Crippen molar-refractivity contribution < 1.29 is 9.90 Å². The van der Waals surface area contributed by atoms with Crippen molar-refractivity contribution in [1.82, 2.24) is 20.1 Å². The maximum atomic E-state index is 12.6. The van der Waals surface area contributed by atoms with Crippen molar-refractivity contribution in [3.05, 3.63) is 88.7 Å². The molecule has 4 rings (SSSR count). The zero-order valence-corrected chi connectivity index (χ0v) is 21.6. The molecule has 0 spiro atoms. The van der Waals surface area contributed by atoms with Crippen LogP contribution in [0.25, 0.3) is 21.8 Å². The van der Waals surface area contributed by atoms with Gasteiger partial charge in [0.2, 0.25) is 5.91 Å². The van der Waals surface area contributed by atoms with E-state index in [0.29, 0.717) is 16.5 Å². The zero-order valence-electron chi connectivity index (χ0n) is 19.9. The van der Waals surface area contributed by atoms with Crippen LogP contribution in [-0.2, 0) is 4.79 Å². The van der Waals surface area contributed by atoms with Crippen LogP contribution in [0.1, 0.15) is 31.6 Å². The van der Waals surface area contributed by atoms with E-state index in [-0.39, 0.29) is 43.0 Å². The second-order valence-corrected chi connectivity index (χ2v) is 9.26. The van der Waals surface area contributed by atoms with Crippen LogP contribution in [0.4, 0.5) is 5.13 Å². The predicted octanol–water partition coefficient (Wildman–Crippen LogP) is 4.30. The first kappa shape index (κ1) is 27.2. The summed E-state index contributed by atoms with van der Waals surface area (Å²) in [5, 5.41) is 21.0. The van der Waals surface area contributed by atoms with E-state index >= 15 is 0 Å². The monoisotopic (exact) mass is 525 g/mol. The molecular formula is C26H28ClN5O3S. The number of aromatic nitrogens is 3. The summed E-state index contributed by atoms with van der Waals surface area (Å²) >= 11 is 1.30. The number of halogens is 1. The summed E-state index contributed by atoms with van der Waals surface area (Å²) in [5.74, 6) is -0.273. The topological polar surface area (TPSA) is 109 Å².